The summed E-state index contributed by atoms with van der Waals surface area (Å²) in [7, 11) is 0. The summed E-state index contributed by atoms with van der Waals surface area (Å²) in [6, 6.07) is 12.5. The molecular formula is C25H32FN3O2. The number of aryl methyl sites for hydroxylation is 1. The summed E-state index contributed by atoms with van der Waals surface area (Å²) in [5.41, 5.74) is 2.35. The van der Waals surface area contributed by atoms with Crippen LogP contribution >= 0.6 is 0 Å². The van der Waals surface area contributed by atoms with Gasteiger partial charge in [-0.1, -0.05) is 18.2 Å². The van der Waals surface area contributed by atoms with E-state index in [-0.39, 0.29) is 29.2 Å². The summed E-state index contributed by atoms with van der Waals surface area (Å²) in [5, 5.41) is 2.99. The molecule has 1 N–H and O–H groups in total. The lowest BCUT2D eigenvalue weighted by molar-refractivity contribution is 0.0494. The van der Waals surface area contributed by atoms with E-state index in [2.05, 4.69) is 17.1 Å². The molecule has 0 aliphatic carbocycles. The minimum Gasteiger partial charge on any atom is -0.347 e. The summed E-state index contributed by atoms with van der Waals surface area (Å²) in [4.78, 5) is 29.4. The average molecular weight is 426 g/mol. The number of nitrogens with one attached hydrogen (secondary N) is 1. The van der Waals surface area contributed by atoms with E-state index in [9.17, 15) is 14.0 Å². The van der Waals surface area contributed by atoms with Crippen LogP contribution in [0.1, 0.15) is 59.5 Å². The third-order valence-electron chi connectivity index (χ3n) is 5.53. The molecule has 31 heavy (non-hydrogen) atoms. The Morgan fingerprint density at radius 3 is 2.48 bits per heavy atom. The third kappa shape index (κ3) is 5.91. The number of halogens is 1. The van der Waals surface area contributed by atoms with E-state index < -0.39 is 0 Å². The van der Waals surface area contributed by atoms with Crippen molar-refractivity contribution >= 4 is 11.8 Å². The molecule has 1 heterocycles. The number of hydrogen-bond donors (Lipinski definition) is 1. The Hall–Kier alpha value is -2.73. The fourth-order valence-corrected chi connectivity index (χ4v) is 3.78. The van der Waals surface area contributed by atoms with Crippen molar-refractivity contribution in [3.05, 3.63) is 70.5 Å². The molecule has 0 saturated carbocycles. The van der Waals surface area contributed by atoms with Gasteiger partial charge in [0.1, 0.15) is 5.82 Å². The Balaban J connectivity index is 1.63. The highest BCUT2D eigenvalue weighted by molar-refractivity contribution is 5.95. The standard InChI is InChI=1S/C25H32FN3O2/c1-17-9-10-21(14-22(17)26)24(31)29-12-11-28(18(2)15-29)16-19-7-6-8-20(13-19)23(30)27-25(3,4)5/h6-10,13-14,18H,11-12,15-16H2,1-5H3,(H,27,30)/t18-/m1/s1. The van der Waals surface area contributed by atoms with Crippen molar-refractivity contribution < 1.29 is 14.0 Å². The van der Waals surface area contributed by atoms with Crippen LogP contribution in [0.2, 0.25) is 0 Å². The second-order valence-corrected chi connectivity index (χ2v) is 9.44. The summed E-state index contributed by atoms with van der Waals surface area (Å²) < 4.78 is 13.9. The Labute approximate surface area is 184 Å². The number of carbonyl (C=O) groups excluding carboxylic acids is 2. The van der Waals surface area contributed by atoms with Crippen molar-refractivity contribution in [1.29, 1.82) is 0 Å². The van der Waals surface area contributed by atoms with Crippen LogP contribution in [0.5, 0.6) is 0 Å². The summed E-state index contributed by atoms with van der Waals surface area (Å²) in [6.07, 6.45) is 0. The molecule has 2 aromatic carbocycles. The molecule has 0 unspecified atom stereocenters. The summed E-state index contributed by atoms with van der Waals surface area (Å²) in [6.45, 7) is 12.3. The molecule has 3 rings (SSSR count). The number of hydrogen-bond acceptors (Lipinski definition) is 3. The zero-order chi connectivity index (χ0) is 22.8. The van der Waals surface area contributed by atoms with Crippen LogP contribution in [0.25, 0.3) is 0 Å². The van der Waals surface area contributed by atoms with Gasteiger partial charge in [-0.3, -0.25) is 14.5 Å². The first-order valence-electron chi connectivity index (χ1n) is 10.7. The molecule has 166 valence electrons. The van der Waals surface area contributed by atoms with E-state index in [0.29, 0.717) is 36.3 Å². The molecule has 1 aliphatic heterocycles. The molecule has 2 amide bonds. The largest absolute Gasteiger partial charge is 0.347 e. The molecule has 0 radical (unpaired) electrons. The van der Waals surface area contributed by atoms with Gasteiger partial charge in [0.25, 0.3) is 11.8 Å². The highest BCUT2D eigenvalue weighted by Crippen LogP contribution is 2.18. The van der Waals surface area contributed by atoms with Crippen molar-refractivity contribution in [3.8, 4) is 0 Å². The maximum absolute atomic E-state index is 13.9. The zero-order valence-electron chi connectivity index (χ0n) is 19.0. The van der Waals surface area contributed by atoms with Crippen LogP contribution in [-0.2, 0) is 6.54 Å². The summed E-state index contributed by atoms with van der Waals surface area (Å²) >= 11 is 0. The second-order valence-electron chi connectivity index (χ2n) is 9.44. The molecule has 1 aliphatic rings. The van der Waals surface area contributed by atoms with Gasteiger partial charge < -0.3 is 10.2 Å². The number of rotatable bonds is 4. The summed E-state index contributed by atoms with van der Waals surface area (Å²) in [5.74, 6) is -0.567. The van der Waals surface area contributed by atoms with E-state index in [1.54, 1.807) is 24.0 Å². The van der Waals surface area contributed by atoms with E-state index in [1.165, 1.54) is 6.07 Å². The van der Waals surface area contributed by atoms with Gasteiger partial charge in [0.15, 0.2) is 0 Å². The molecule has 0 aromatic heterocycles. The fraction of sp³-hybridized carbons (Fsp3) is 0.440. The lowest BCUT2D eigenvalue weighted by atomic mass is 10.0. The van der Waals surface area contributed by atoms with Crippen molar-refractivity contribution in [2.75, 3.05) is 19.6 Å². The Bertz CT molecular complexity index is 967. The first kappa shape index (κ1) is 22.9. The maximum atomic E-state index is 13.9. The molecular weight excluding hydrogens is 393 g/mol. The van der Waals surface area contributed by atoms with E-state index in [0.717, 1.165) is 12.1 Å². The van der Waals surface area contributed by atoms with Crippen molar-refractivity contribution in [3.63, 3.8) is 0 Å². The molecule has 1 saturated heterocycles. The Kier molecular flexibility index (Phi) is 6.80. The van der Waals surface area contributed by atoms with Gasteiger partial charge in [0, 0.05) is 48.9 Å². The lowest BCUT2D eigenvalue weighted by Gasteiger charge is -2.40. The van der Waals surface area contributed by atoms with Gasteiger partial charge in [-0.25, -0.2) is 4.39 Å². The fourth-order valence-electron chi connectivity index (χ4n) is 3.78. The molecule has 1 atom stereocenters. The normalized spacial score (nSPS) is 17.5. The predicted octanol–water partition coefficient (Wildman–Crippen LogP) is 4.01. The van der Waals surface area contributed by atoms with Gasteiger partial charge in [0.2, 0.25) is 0 Å². The number of piperazine rings is 1. The van der Waals surface area contributed by atoms with Gasteiger partial charge in [0.05, 0.1) is 0 Å². The van der Waals surface area contributed by atoms with Crippen molar-refractivity contribution in [2.24, 2.45) is 0 Å². The number of nitrogens with zero attached hydrogens (tertiary/aromatic N) is 2. The maximum Gasteiger partial charge on any atom is 0.254 e. The molecule has 0 bridgehead atoms. The van der Waals surface area contributed by atoms with Gasteiger partial charge in [-0.15, -0.1) is 0 Å². The van der Waals surface area contributed by atoms with Gasteiger partial charge in [-0.05, 0) is 70.0 Å². The topological polar surface area (TPSA) is 52.7 Å². The monoisotopic (exact) mass is 425 g/mol. The lowest BCUT2D eigenvalue weighted by Crippen LogP contribution is -2.53. The van der Waals surface area contributed by atoms with E-state index in [1.807, 2.05) is 45.0 Å². The Morgan fingerprint density at radius 1 is 1.10 bits per heavy atom. The first-order valence-corrected chi connectivity index (χ1v) is 10.7. The van der Waals surface area contributed by atoms with Crippen LogP contribution in [-0.4, -0.2) is 52.8 Å². The SMILES string of the molecule is Cc1ccc(C(=O)N2CCN(Cc3cccc(C(=O)NC(C)(C)C)c3)[C@H](C)C2)cc1F. The number of benzene rings is 2. The predicted molar refractivity (Wildman–Crippen MR) is 121 cm³/mol. The quantitative estimate of drug-likeness (QED) is 0.805. The minimum absolute atomic E-state index is 0.0804. The highest BCUT2D eigenvalue weighted by Gasteiger charge is 2.28. The van der Waals surface area contributed by atoms with Crippen LogP contribution < -0.4 is 5.32 Å². The highest BCUT2D eigenvalue weighted by atomic mass is 19.1. The molecule has 0 spiro atoms. The van der Waals surface area contributed by atoms with Gasteiger partial charge in [-0.2, -0.15) is 0 Å². The molecule has 2 aromatic rings. The molecule has 6 heteroatoms. The minimum atomic E-state index is -0.354. The molecule has 1 fully saturated rings. The Morgan fingerprint density at radius 2 is 1.84 bits per heavy atom. The van der Waals surface area contributed by atoms with Crippen LogP contribution in [0.15, 0.2) is 42.5 Å². The van der Waals surface area contributed by atoms with E-state index >= 15 is 0 Å². The average Bonchev–Trinajstić information content (AvgIpc) is 2.70. The van der Waals surface area contributed by atoms with Crippen LogP contribution in [0.3, 0.4) is 0 Å². The smallest absolute Gasteiger partial charge is 0.254 e. The first-order chi connectivity index (χ1) is 14.5. The number of amides is 2. The van der Waals surface area contributed by atoms with Crippen molar-refractivity contribution in [1.82, 2.24) is 15.1 Å². The van der Waals surface area contributed by atoms with Crippen LogP contribution in [0, 0.1) is 12.7 Å². The van der Waals surface area contributed by atoms with Crippen molar-refractivity contribution in [2.45, 2.75) is 52.7 Å². The second kappa shape index (κ2) is 9.18. The molecule has 5 nitrogen and oxygen atoms in total. The third-order valence-corrected chi connectivity index (χ3v) is 5.53. The number of carbonyl (C=O) groups is 2. The van der Waals surface area contributed by atoms with Crippen LogP contribution in [0.4, 0.5) is 4.39 Å². The van der Waals surface area contributed by atoms with Gasteiger partial charge >= 0.3 is 0 Å². The zero-order valence-corrected chi connectivity index (χ0v) is 19.0. The van der Waals surface area contributed by atoms with E-state index in [4.69, 9.17) is 0 Å².